The fourth-order valence-electron chi connectivity index (χ4n) is 3.02. The lowest BCUT2D eigenvalue weighted by Crippen LogP contribution is -2.30. The fourth-order valence-corrected chi connectivity index (χ4v) is 3.32. The number of rotatable bonds is 4. The predicted molar refractivity (Wildman–Crippen MR) is 77.4 cm³/mol. The third-order valence-corrected chi connectivity index (χ3v) is 4.18. The molecule has 0 aromatic heterocycles. The lowest BCUT2D eigenvalue weighted by Gasteiger charge is -2.26. The topological polar surface area (TPSA) is 38.0 Å². The minimum absolute atomic E-state index is 0.227. The zero-order valence-electron chi connectivity index (χ0n) is 11.1. The molecule has 2 nitrogen and oxygen atoms in total. The highest BCUT2D eigenvalue weighted by Gasteiger charge is 2.19. The van der Waals surface area contributed by atoms with E-state index in [0.717, 1.165) is 17.4 Å². The first-order valence-electron chi connectivity index (χ1n) is 6.92. The largest absolute Gasteiger partial charge is 0.271 e. The number of benzene rings is 1. The van der Waals surface area contributed by atoms with Crippen LogP contribution in [0, 0.1) is 12.8 Å². The number of aryl methyl sites for hydroxylation is 1. The Balaban J connectivity index is 2.06. The van der Waals surface area contributed by atoms with E-state index in [1.54, 1.807) is 0 Å². The Morgan fingerprint density at radius 2 is 2.00 bits per heavy atom. The summed E-state index contributed by atoms with van der Waals surface area (Å²) in [6.07, 6.45) is 7.95. The molecule has 0 spiro atoms. The molecule has 1 aromatic rings. The molecule has 3 N–H and O–H groups in total. The van der Waals surface area contributed by atoms with Crippen LogP contribution in [0.15, 0.2) is 18.2 Å². The molecular weight excluding hydrogens is 244 g/mol. The summed E-state index contributed by atoms with van der Waals surface area (Å²) in [6, 6.07) is 6.42. The molecule has 1 aromatic carbocycles. The van der Waals surface area contributed by atoms with Gasteiger partial charge in [0.2, 0.25) is 0 Å². The second-order valence-electron chi connectivity index (χ2n) is 5.52. The molecular formula is C15H23ClN2. The van der Waals surface area contributed by atoms with E-state index in [9.17, 15) is 0 Å². The van der Waals surface area contributed by atoms with Crippen LogP contribution in [0.1, 0.15) is 55.7 Å². The van der Waals surface area contributed by atoms with Crippen LogP contribution in [-0.4, -0.2) is 0 Å². The zero-order chi connectivity index (χ0) is 13.0. The SMILES string of the molecule is Cc1cc(Cl)cc(C(CC2CCCCC2)NN)c1. The lowest BCUT2D eigenvalue weighted by molar-refractivity contribution is 0.301. The number of halogens is 1. The smallest absolute Gasteiger partial charge is 0.0463 e. The summed E-state index contributed by atoms with van der Waals surface area (Å²) in [5.74, 6) is 6.53. The van der Waals surface area contributed by atoms with Gasteiger partial charge in [-0.25, -0.2) is 0 Å². The van der Waals surface area contributed by atoms with Crippen LogP contribution >= 0.6 is 11.6 Å². The van der Waals surface area contributed by atoms with Gasteiger partial charge in [0, 0.05) is 11.1 Å². The molecule has 0 aliphatic heterocycles. The maximum atomic E-state index is 6.13. The monoisotopic (exact) mass is 266 g/mol. The average molecular weight is 267 g/mol. The maximum absolute atomic E-state index is 6.13. The number of hydrogen-bond donors (Lipinski definition) is 2. The van der Waals surface area contributed by atoms with Gasteiger partial charge in [-0.1, -0.05) is 49.8 Å². The van der Waals surface area contributed by atoms with E-state index in [1.165, 1.54) is 43.2 Å². The summed E-state index contributed by atoms with van der Waals surface area (Å²) < 4.78 is 0. The lowest BCUT2D eigenvalue weighted by atomic mass is 9.83. The van der Waals surface area contributed by atoms with E-state index in [-0.39, 0.29) is 6.04 Å². The third-order valence-electron chi connectivity index (χ3n) is 3.96. The van der Waals surface area contributed by atoms with Crippen molar-refractivity contribution in [1.29, 1.82) is 0 Å². The van der Waals surface area contributed by atoms with Gasteiger partial charge < -0.3 is 0 Å². The first-order valence-corrected chi connectivity index (χ1v) is 7.30. The summed E-state index contributed by atoms with van der Waals surface area (Å²) in [5, 5.41) is 0.800. The molecule has 1 aliphatic rings. The number of hydrazine groups is 1. The van der Waals surface area contributed by atoms with Gasteiger partial charge in [-0.3, -0.25) is 11.3 Å². The summed E-state index contributed by atoms with van der Waals surface area (Å²) in [6.45, 7) is 2.07. The van der Waals surface area contributed by atoms with E-state index in [0.29, 0.717) is 0 Å². The summed E-state index contributed by atoms with van der Waals surface area (Å²) in [4.78, 5) is 0. The van der Waals surface area contributed by atoms with Gasteiger partial charge in [-0.05, 0) is 42.5 Å². The van der Waals surface area contributed by atoms with Crippen molar-refractivity contribution in [2.45, 2.75) is 51.5 Å². The Morgan fingerprint density at radius 3 is 2.61 bits per heavy atom. The molecule has 0 amide bonds. The molecule has 1 atom stereocenters. The van der Waals surface area contributed by atoms with Crippen molar-refractivity contribution in [1.82, 2.24) is 5.43 Å². The van der Waals surface area contributed by atoms with Crippen molar-refractivity contribution < 1.29 is 0 Å². The van der Waals surface area contributed by atoms with Crippen LogP contribution in [0.3, 0.4) is 0 Å². The van der Waals surface area contributed by atoms with Gasteiger partial charge in [0.15, 0.2) is 0 Å². The summed E-state index contributed by atoms with van der Waals surface area (Å²) in [7, 11) is 0. The fraction of sp³-hybridized carbons (Fsp3) is 0.600. The van der Waals surface area contributed by atoms with Crippen molar-refractivity contribution in [3.63, 3.8) is 0 Å². The molecule has 1 unspecified atom stereocenters. The van der Waals surface area contributed by atoms with Crippen LogP contribution in [0.4, 0.5) is 0 Å². The Labute approximate surface area is 115 Å². The summed E-state index contributed by atoms with van der Waals surface area (Å²) in [5.41, 5.74) is 5.37. The molecule has 3 heteroatoms. The van der Waals surface area contributed by atoms with Crippen LogP contribution in [0.2, 0.25) is 5.02 Å². The first-order chi connectivity index (χ1) is 8.69. The van der Waals surface area contributed by atoms with Crippen LogP contribution in [-0.2, 0) is 0 Å². The molecule has 1 saturated carbocycles. The quantitative estimate of drug-likeness (QED) is 0.635. The molecule has 100 valence electrons. The Hall–Kier alpha value is -0.570. The maximum Gasteiger partial charge on any atom is 0.0463 e. The number of nitrogens with one attached hydrogen (secondary N) is 1. The van der Waals surface area contributed by atoms with Gasteiger partial charge in [0.1, 0.15) is 0 Å². The van der Waals surface area contributed by atoms with Crippen LogP contribution in [0.25, 0.3) is 0 Å². The molecule has 1 fully saturated rings. The molecule has 18 heavy (non-hydrogen) atoms. The predicted octanol–water partition coefficient (Wildman–Crippen LogP) is 4.12. The van der Waals surface area contributed by atoms with E-state index in [4.69, 9.17) is 17.4 Å². The molecule has 0 bridgehead atoms. The van der Waals surface area contributed by atoms with Gasteiger partial charge in [0.05, 0.1) is 0 Å². The van der Waals surface area contributed by atoms with E-state index >= 15 is 0 Å². The Bertz CT molecular complexity index is 366. The molecule has 0 heterocycles. The molecule has 0 radical (unpaired) electrons. The van der Waals surface area contributed by atoms with Gasteiger partial charge in [-0.2, -0.15) is 0 Å². The van der Waals surface area contributed by atoms with Crippen molar-refractivity contribution in [3.8, 4) is 0 Å². The van der Waals surface area contributed by atoms with Gasteiger partial charge in [0.25, 0.3) is 0 Å². The van der Waals surface area contributed by atoms with Crippen molar-refractivity contribution in [2.75, 3.05) is 0 Å². The highest BCUT2D eigenvalue weighted by Crippen LogP contribution is 2.32. The highest BCUT2D eigenvalue weighted by molar-refractivity contribution is 6.30. The zero-order valence-corrected chi connectivity index (χ0v) is 11.8. The molecule has 1 aliphatic carbocycles. The van der Waals surface area contributed by atoms with Crippen LogP contribution < -0.4 is 11.3 Å². The second-order valence-corrected chi connectivity index (χ2v) is 5.96. The van der Waals surface area contributed by atoms with Gasteiger partial charge in [-0.15, -0.1) is 0 Å². The minimum Gasteiger partial charge on any atom is -0.271 e. The van der Waals surface area contributed by atoms with E-state index in [1.807, 2.05) is 12.1 Å². The standard InChI is InChI=1S/C15H23ClN2/c1-11-7-13(10-14(16)8-11)15(18-17)9-12-5-3-2-4-6-12/h7-8,10,12,15,18H,2-6,9,17H2,1H3. The highest BCUT2D eigenvalue weighted by atomic mass is 35.5. The van der Waals surface area contributed by atoms with Crippen molar-refractivity contribution in [3.05, 3.63) is 34.3 Å². The first kappa shape index (κ1) is 13.9. The average Bonchev–Trinajstić information content (AvgIpc) is 2.36. The Morgan fingerprint density at radius 1 is 1.28 bits per heavy atom. The Kier molecular flexibility index (Phi) is 5.04. The summed E-state index contributed by atoms with van der Waals surface area (Å²) >= 11 is 6.13. The van der Waals surface area contributed by atoms with Crippen LogP contribution in [0.5, 0.6) is 0 Å². The minimum atomic E-state index is 0.227. The van der Waals surface area contributed by atoms with E-state index in [2.05, 4.69) is 18.4 Å². The number of hydrogen-bond acceptors (Lipinski definition) is 2. The normalized spacial score (nSPS) is 18.8. The van der Waals surface area contributed by atoms with E-state index < -0.39 is 0 Å². The van der Waals surface area contributed by atoms with Crippen molar-refractivity contribution >= 4 is 11.6 Å². The third kappa shape index (κ3) is 3.71. The van der Waals surface area contributed by atoms with Crippen molar-refractivity contribution in [2.24, 2.45) is 11.8 Å². The molecule has 0 saturated heterocycles. The molecule has 2 rings (SSSR count). The second kappa shape index (κ2) is 6.55. The number of nitrogens with two attached hydrogens (primary N) is 1. The van der Waals surface area contributed by atoms with Gasteiger partial charge >= 0.3 is 0 Å².